The van der Waals surface area contributed by atoms with Crippen LogP contribution in [0.3, 0.4) is 0 Å². The third kappa shape index (κ3) is 17.3. The van der Waals surface area contributed by atoms with Gasteiger partial charge in [-0.2, -0.15) is 0 Å². The minimum Gasteiger partial charge on any atom is -0.394 e. The summed E-state index contributed by atoms with van der Waals surface area (Å²) >= 11 is 0. The second-order valence-electron chi connectivity index (χ2n) is 12.4. The van der Waals surface area contributed by atoms with Crippen molar-refractivity contribution in [3.05, 3.63) is 18.2 Å². The molecule has 0 aromatic carbocycles. The predicted octanol–water partition coefficient (Wildman–Crippen LogP) is -3.34. The van der Waals surface area contributed by atoms with Crippen molar-refractivity contribution in [3.8, 4) is 0 Å². The molecule has 7 amide bonds. The zero-order valence-electron chi connectivity index (χ0n) is 29.8. The number of nitrogens with one attached hydrogen (secondary N) is 5. The number of aliphatic hydroxyl groups excluding tert-OH is 1. The van der Waals surface area contributed by atoms with Crippen molar-refractivity contribution >= 4 is 48.9 Å². The molecule has 0 bridgehead atoms. The van der Waals surface area contributed by atoms with Gasteiger partial charge in [-0.3, -0.25) is 43.0 Å². The average Bonchev–Trinajstić information content (AvgIpc) is 3.55. The van der Waals surface area contributed by atoms with Crippen LogP contribution in [0.4, 0.5) is 0 Å². The van der Waals surface area contributed by atoms with Crippen molar-refractivity contribution in [2.75, 3.05) is 46.2 Å². The lowest BCUT2D eigenvalue weighted by atomic mass is 10.0. The highest BCUT2D eigenvalue weighted by Crippen LogP contribution is 2.37. The molecule has 0 aliphatic carbocycles. The summed E-state index contributed by atoms with van der Waals surface area (Å²) in [7, 11) is -3.13. The SMILES string of the molecule is COCCOCCC(=O)N(CC(=O)N[C@@H](CC(C)C)C(=O)N[C@@H](Cc1cnc[nH]1)C(=O)N[C@@H](CO)C(=O)N[C@H](C(N)=O)[C@@H](C)CP(=O)(O)O)C(C)=O. The monoisotopic (exact) mass is 762 g/mol. The van der Waals surface area contributed by atoms with Crippen LogP contribution in [0.2, 0.25) is 0 Å². The number of methoxy groups -OCH3 is 1. The number of carbonyl (C=O) groups is 7. The number of carbonyl (C=O) groups excluding carboxylic acids is 7. The fourth-order valence-corrected chi connectivity index (χ4v) is 5.75. The Morgan fingerprint density at radius 1 is 0.942 bits per heavy atom. The molecule has 21 nitrogen and oxygen atoms in total. The maximum absolute atomic E-state index is 13.6. The Morgan fingerprint density at radius 2 is 1.56 bits per heavy atom. The van der Waals surface area contributed by atoms with Crippen LogP contribution in [0.5, 0.6) is 0 Å². The molecule has 0 unspecified atom stereocenters. The Bertz CT molecular complexity index is 1410. The van der Waals surface area contributed by atoms with E-state index in [2.05, 4.69) is 31.2 Å². The van der Waals surface area contributed by atoms with Gasteiger partial charge in [0.2, 0.25) is 41.4 Å². The molecule has 1 heterocycles. The van der Waals surface area contributed by atoms with E-state index >= 15 is 0 Å². The second kappa shape index (κ2) is 22.6. The van der Waals surface area contributed by atoms with Gasteiger partial charge in [0.25, 0.3) is 0 Å². The van der Waals surface area contributed by atoms with E-state index in [9.17, 15) is 53.0 Å². The number of ether oxygens (including phenoxy) is 2. The maximum atomic E-state index is 13.6. The van der Waals surface area contributed by atoms with Gasteiger partial charge in [-0.05, 0) is 18.3 Å². The number of nitrogens with two attached hydrogens (primary N) is 1. The van der Waals surface area contributed by atoms with Gasteiger partial charge in [-0.15, -0.1) is 0 Å². The summed E-state index contributed by atoms with van der Waals surface area (Å²) in [6.45, 7) is 4.71. The van der Waals surface area contributed by atoms with Crippen LogP contribution in [0.1, 0.15) is 46.2 Å². The molecule has 22 heteroatoms. The van der Waals surface area contributed by atoms with Crippen LogP contribution >= 0.6 is 7.60 Å². The van der Waals surface area contributed by atoms with Gasteiger partial charge in [-0.1, -0.05) is 20.8 Å². The minimum atomic E-state index is -4.61. The molecule has 10 N–H and O–H groups in total. The molecule has 0 fully saturated rings. The van der Waals surface area contributed by atoms with Crippen LogP contribution < -0.4 is 27.0 Å². The molecule has 294 valence electrons. The van der Waals surface area contributed by atoms with E-state index in [-0.39, 0.29) is 38.4 Å². The Balaban J connectivity index is 3.15. The number of nitrogens with zero attached hydrogens (tertiary/aromatic N) is 2. The molecule has 0 radical (unpaired) electrons. The number of rotatable bonds is 24. The number of aliphatic hydroxyl groups is 1. The number of imidazole rings is 1. The van der Waals surface area contributed by atoms with Crippen LogP contribution in [0.15, 0.2) is 12.5 Å². The Hall–Kier alpha value is -4.27. The largest absolute Gasteiger partial charge is 0.394 e. The Kier molecular flexibility index (Phi) is 19.9. The smallest absolute Gasteiger partial charge is 0.325 e. The molecule has 1 aromatic heterocycles. The van der Waals surface area contributed by atoms with Crippen LogP contribution in [0, 0.1) is 11.8 Å². The van der Waals surface area contributed by atoms with E-state index in [4.69, 9.17) is 15.2 Å². The van der Waals surface area contributed by atoms with Crippen molar-refractivity contribution in [3.63, 3.8) is 0 Å². The van der Waals surface area contributed by atoms with E-state index in [1.807, 2.05) is 0 Å². The van der Waals surface area contributed by atoms with E-state index in [1.165, 1.54) is 26.6 Å². The van der Waals surface area contributed by atoms with Crippen molar-refractivity contribution in [1.29, 1.82) is 0 Å². The fourth-order valence-electron chi connectivity index (χ4n) is 4.79. The predicted molar refractivity (Wildman–Crippen MR) is 182 cm³/mol. The zero-order valence-corrected chi connectivity index (χ0v) is 30.7. The molecule has 0 saturated carbocycles. The van der Waals surface area contributed by atoms with Gasteiger partial charge in [0.05, 0.1) is 45.3 Å². The van der Waals surface area contributed by atoms with Gasteiger partial charge in [0.1, 0.15) is 30.7 Å². The third-order valence-electron chi connectivity index (χ3n) is 7.36. The lowest BCUT2D eigenvalue weighted by Gasteiger charge is -2.27. The molecular weight excluding hydrogens is 711 g/mol. The first kappa shape index (κ1) is 45.8. The van der Waals surface area contributed by atoms with E-state index < -0.39 is 98.3 Å². The first-order chi connectivity index (χ1) is 24.3. The van der Waals surface area contributed by atoms with E-state index in [0.717, 1.165) is 6.92 Å². The fraction of sp³-hybridized carbons (Fsp3) is 0.667. The molecule has 0 saturated heterocycles. The summed E-state index contributed by atoms with van der Waals surface area (Å²) in [5, 5.41) is 19.4. The van der Waals surface area contributed by atoms with Crippen molar-refractivity contribution in [2.45, 2.75) is 71.1 Å². The molecule has 5 atom stereocenters. The number of aromatic amines is 1. The highest BCUT2D eigenvalue weighted by molar-refractivity contribution is 7.51. The number of primary amides is 1. The lowest BCUT2D eigenvalue weighted by molar-refractivity contribution is -0.147. The van der Waals surface area contributed by atoms with Crippen LogP contribution in [-0.4, -0.2) is 142 Å². The molecule has 0 aliphatic heterocycles. The summed E-state index contributed by atoms with van der Waals surface area (Å²) in [5.41, 5.74) is 5.70. The summed E-state index contributed by atoms with van der Waals surface area (Å²) in [6, 6.07) is -5.97. The number of hydrogen-bond donors (Lipinski definition) is 9. The second-order valence-corrected chi connectivity index (χ2v) is 14.1. The maximum Gasteiger partial charge on any atom is 0.325 e. The van der Waals surface area contributed by atoms with Gasteiger partial charge in [0.15, 0.2) is 0 Å². The number of H-pyrrole nitrogens is 1. The highest BCUT2D eigenvalue weighted by Gasteiger charge is 2.34. The summed E-state index contributed by atoms with van der Waals surface area (Å²) < 4.78 is 21.6. The Labute approximate surface area is 300 Å². The van der Waals surface area contributed by atoms with Gasteiger partial charge >= 0.3 is 7.60 Å². The Morgan fingerprint density at radius 3 is 2.08 bits per heavy atom. The van der Waals surface area contributed by atoms with Crippen molar-refractivity contribution in [1.82, 2.24) is 36.1 Å². The third-order valence-corrected chi connectivity index (χ3v) is 8.41. The molecule has 1 aromatic rings. The lowest BCUT2D eigenvalue weighted by Crippen LogP contribution is -2.60. The summed E-state index contributed by atoms with van der Waals surface area (Å²) in [4.78, 5) is 116. The molecule has 1 rings (SSSR count). The molecular formula is C30H51N8O13P. The van der Waals surface area contributed by atoms with Crippen molar-refractivity contribution < 1.29 is 62.5 Å². The topological polar surface area (TPSA) is 322 Å². The molecule has 0 spiro atoms. The zero-order chi connectivity index (χ0) is 39.6. The van der Waals surface area contributed by atoms with Gasteiger partial charge < -0.3 is 56.4 Å². The first-order valence-corrected chi connectivity index (χ1v) is 18.1. The highest BCUT2D eigenvalue weighted by atomic mass is 31.2. The number of imide groups is 1. The first-order valence-electron chi connectivity index (χ1n) is 16.3. The number of aromatic nitrogens is 2. The van der Waals surface area contributed by atoms with Gasteiger partial charge in [-0.25, -0.2) is 4.98 Å². The summed E-state index contributed by atoms with van der Waals surface area (Å²) in [5.74, 6) is -7.57. The quantitative estimate of drug-likeness (QED) is 0.0367. The molecule has 0 aliphatic rings. The van der Waals surface area contributed by atoms with Crippen LogP contribution in [0.25, 0.3) is 0 Å². The number of hydrogen-bond acceptors (Lipinski definition) is 12. The summed E-state index contributed by atoms with van der Waals surface area (Å²) in [6.07, 6.45) is 1.55. The van der Waals surface area contributed by atoms with Gasteiger partial charge in [0, 0.05) is 32.3 Å². The minimum absolute atomic E-state index is 0.0218. The standard InChI is InChI=1S/C30H51N8O13P/c1-17(2)10-21(34-24(41)13-38(19(4)40)25(42)6-7-51-9-8-50-5)28(44)35-22(11-20-12-32-16-33-20)29(45)36-23(14-39)30(46)37-26(27(31)43)18(3)15-52(47,48)49/h12,16-18,21-23,26,39H,6-11,13-15H2,1-5H3,(H2,31,43)(H,32,33)(H,34,41)(H,35,44)(H,36,45)(H,37,46)(H2,47,48,49)/t18-,21-,22-,23-,26-/m0/s1. The number of amides is 7. The van der Waals surface area contributed by atoms with Crippen LogP contribution in [-0.2, 0) is 54.0 Å². The average molecular weight is 763 g/mol. The van der Waals surface area contributed by atoms with Crippen molar-refractivity contribution in [2.24, 2.45) is 17.6 Å². The molecule has 52 heavy (non-hydrogen) atoms. The normalized spacial score (nSPS) is 14.3. The van der Waals surface area contributed by atoms with E-state index in [0.29, 0.717) is 17.2 Å². The van der Waals surface area contributed by atoms with E-state index in [1.54, 1.807) is 13.8 Å².